The molecule has 0 saturated heterocycles. The van der Waals surface area contributed by atoms with Crippen LogP contribution in [0.3, 0.4) is 0 Å². The van der Waals surface area contributed by atoms with E-state index in [0.717, 1.165) is 24.4 Å². The molecule has 1 aromatic rings. The van der Waals surface area contributed by atoms with Gasteiger partial charge < -0.3 is 10.6 Å². The molecule has 1 amide bonds. The molecule has 4 nitrogen and oxygen atoms in total. The van der Waals surface area contributed by atoms with Crippen molar-refractivity contribution in [1.82, 2.24) is 10.3 Å². The number of hydrogen-bond acceptors (Lipinski definition) is 3. The second kappa shape index (κ2) is 7.43. The van der Waals surface area contributed by atoms with Crippen LogP contribution in [0.15, 0.2) is 12.1 Å². The first kappa shape index (κ1) is 17.5. The van der Waals surface area contributed by atoms with Crippen LogP contribution in [0.1, 0.15) is 57.1 Å². The molecule has 0 aliphatic rings. The predicted molar refractivity (Wildman–Crippen MR) is 88.7 cm³/mol. The Balaban J connectivity index is 2.79. The number of amides is 1. The topological polar surface area (TPSA) is 54.0 Å². The van der Waals surface area contributed by atoms with Gasteiger partial charge in [-0.1, -0.05) is 41.0 Å². The Hall–Kier alpha value is -1.58. The summed E-state index contributed by atoms with van der Waals surface area (Å²) in [4.78, 5) is 16.8. The minimum atomic E-state index is -0.0256. The van der Waals surface area contributed by atoms with E-state index < -0.39 is 0 Å². The van der Waals surface area contributed by atoms with Gasteiger partial charge in [0.2, 0.25) is 0 Å². The number of carbonyl (C=O) groups is 1. The number of pyridine rings is 1. The number of carbonyl (C=O) groups excluding carboxylic acids is 1. The highest BCUT2D eigenvalue weighted by atomic mass is 16.1. The summed E-state index contributed by atoms with van der Waals surface area (Å²) in [7, 11) is 1.82. The molecule has 0 fully saturated rings. The van der Waals surface area contributed by atoms with Crippen LogP contribution in [0.25, 0.3) is 0 Å². The fourth-order valence-corrected chi connectivity index (χ4v) is 1.89. The Morgan fingerprint density at radius 1 is 1.33 bits per heavy atom. The summed E-state index contributed by atoms with van der Waals surface area (Å²) >= 11 is 0. The first-order valence-electron chi connectivity index (χ1n) is 7.74. The Morgan fingerprint density at radius 3 is 2.52 bits per heavy atom. The first-order valence-corrected chi connectivity index (χ1v) is 7.74. The van der Waals surface area contributed by atoms with Crippen molar-refractivity contribution in [2.45, 2.75) is 47.5 Å². The minimum Gasteiger partial charge on any atom is -0.373 e. The number of nitrogens with zero attached hydrogens (tertiary/aromatic N) is 1. The maximum atomic E-state index is 12.3. The lowest BCUT2D eigenvalue weighted by molar-refractivity contribution is 0.0937. The van der Waals surface area contributed by atoms with Gasteiger partial charge in [-0.3, -0.25) is 4.79 Å². The third-order valence-electron chi connectivity index (χ3n) is 3.95. The monoisotopic (exact) mass is 291 g/mol. The van der Waals surface area contributed by atoms with Gasteiger partial charge >= 0.3 is 0 Å². The lowest BCUT2D eigenvalue weighted by Gasteiger charge is -2.27. The number of hydrogen-bond donors (Lipinski definition) is 2. The fourth-order valence-electron chi connectivity index (χ4n) is 1.89. The molecule has 118 valence electrons. The van der Waals surface area contributed by atoms with Crippen molar-refractivity contribution in [3.63, 3.8) is 0 Å². The second-order valence-corrected chi connectivity index (χ2v) is 6.71. The summed E-state index contributed by atoms with van der Waals surface area (Å²) in [5.74, 6) is 1.14. The van der Waals surface area contributed by atoms with E-state index in [1.54, 1.807) is 6.07 Å². The highest BCUT2D eigenvalue weighted by Crippen LogP contribution is 2.24. The molecule has 2 N–H and O–H groups in total. The van der Waals surface area contributed by atoms with Crippen LogP contribution in [0, 0.1) is 11.3 Å². The van der Waals surface area contributed by atoms with E-state index >= 15 is 0 Å². The summed E-state index contributed by atoms with van der Waals surface area (Å²) in [6, 6.07) is 3.69. The molecular formula is C17H29N3O. The molecule has 1 unspecified atom stereocenters. The van der Waals surface area contributed by atoms with Gasteiger partial charge in [-0.2, -0.15) is 0 Å². The van der Waals surface area contributed by atoms with Gasteiger partial charge in [-0.25, -0.2) is 4.98 Å². The zero-order valence-corrected chi connectivity index (χ0v) is 14.2. The van der Waals surface area contributed by atoms with Crippen molar-refractivity contribution < 1.29 is 4.79 Å². The third kappa shape index (κ3) is 5.37. The minimum absolute atomic E-state index is 0.0256. The van der Waals surface area contributed by atoms with Crippen molar-refractivity contribution in [2.75, 3.05) is 18.9 Å². The van der Waals surface area contributed by atoms with Gasteiger partial charge in [0.05, 0.1) is 0 Å². The van der Waals surface area contributed by atoms with Crippen molar-refractivity contribution in [3.05, 3.63) is 23.4 Å². The van der Waals surface area contributed by atoms with E-state index in [-0.39, 0.29) is 11.3 Å². The number of aryl methyl sites for hydroxylation is 1. The summed E-state index contributed by atoms with van der Waals surface area (Å²) in [6.07, 6.45) is 1.90. The molecule has 0 aliphatic heterocycles. The number of aromatic nitrogens is 1. The van der Waals surface area contributed by atoms with Gasteiger partial charge in [-0.05, 0) is 29.9 Å². The SMILES string of the molecule is CCCc1cc(C(=O)NCC(C)C(C)(C)C)cc(NC)n1. The van der Waals surface area contributed by atoms with Crippen LogP contribution in [0.2, 0.25) is 0 Å². The largest absolute Gasteiger partial charge is 0.373 e. The Morgan fingerprint density at radius 2 is 2.00 bits per heavy atom. The van der Waals surface area contributed by atoms with Gasteiger partial charge in [0, 0.05) is 24.8 Å². The lowest BCUT2D eigenvalue weighted by atomic mass is 9.82. The number of nitrogens with one attached hydrogen (secondary N) is 2. The van der Waals surface area contributed by atoms with Crippen LogP contribution in [0.4, 0.5) is 5.82 Å². The van der Waals surface area contributed by atoms with Gasteiger partial charge in [0.1, 0.15) is 5.82 Å². The molecule has 1 rings (SSSR count). The van der Waals surface area contributed by atoms with Gasteiger partial charge in [0.15, 0.2) is 0 Å². The average Bonchev–Trinajstić information content (AvgIpc) is 2.43. The predicted octanol–water partition coefficient (Wildman–Crippen LogP) is 3.49. The lowest BCUT2D eigenvalue weighted by Crippen LogP contribution is -2.33. The van der Waals surface area contributed by atoms with Crippen LogP contribution in [-0.2, 0) is 6.42 Å². The summed E-state index contributed by atoms with van der Waals surface area (Å²) < 4.78 is 0. The molecule has 21 heavy (non-hydrogen) atoms. The quantitative estimate of drug-likeness (QED) is 0.843. The standard InChI is InChI=1S/C17H29N3O/c1-7-8-14-9-13(10-15(18-6)20-14)16(21)19-11-12(2)17(3,4)5/h9-10,12H,7-8,11H2,1-6H3,(H,18,20)(H,19,21). The Kier molecular flexibility index (Phi) is 6.19. The average molecular weight is 291 g/mol. The molecule has 1 heterocycles. The zero-order valence-electron chi connectivity index (χ0n) is 14.2. The van der Waals surface area contributed by atoms with E-state index in [2.05, 4.69) is 50.2 Å². The molecule has 0 bridgehead atoms. The normalized spacial score (nSPS) is 12.9. The van der Waals surface area contributed by atoms with Crippen LogP contribution < -0.4 is 10.6 Å². The molecule has 0 aliphatic carbocycles. The Bertz CT molecular complexity index is 477. The molecule has 0 aromatic carbocycles. The van der Waals surface area contributed by atoms with Gasteiger partial charge in [-0.15, -0.1) is 0 Å². The van der Waals surface area contributed by atoms with Crippen molar-refractivity contribution in [3.8, 4) is 0 Å². The first-order chi connectivity index (χ1) is 9.77. The zero-order chi connectivity index (χ0) is 16.0. The van der Waals surface area contributed by atoms with Crippen LogP contribution in [0.5, 0.6) is 0 Å². The highest BCUT2D eigenvalue weighted by molar-refractivity contribution is 5.95. The fraction of sp³-hybridized carbons (Fsp3) is 0.647. The van der Waals surface area contributed by atoms with E-state index in [0.29, 0.717) is 18.0 Å². The molecule has 0 radical (unpaired) electrons. The maximum Gasteiger partial charge on any atom is 0.251 e. The smallest absolute Gasteiger partial charge is 0.251 e. The van der Waals surface area contributed by atoms with E-state index in [4.69, 9.17) is 0 Å². The molecule has 4 heteroatoms. The summed E-state index contributed by atoms with van der Waals surface area (Å²) in [6.45, 7) is 11.5. The highest BCUT2D eigenvalue weighted by Gasteiger charge is 2.20. The molecular weight excluding hydrogens is 262 g/mol. The molecule has 1 aromatic heterocycles. The number of anilines is 1. The van der Waals surface area contributed by atoms with Crippen LogP contribution in [-0.4, -0.2) is 24.5 Å². The van der Waals surface area contributed by atoms with E-state index in [9.17, 15) is 4.79 Å². The molecule has 0 spiro atoms. The maximum absolute atomic E-state index is 12.3. The summed E-state index contributed by atoms with van der Waals surface area (Å²) in [5.41, 5.74) is 1.83. The van der Waals surface area contributed by atoms with Crippen molar-refractivity contribution in [2.24, 2.45) is 11.3 Å². The molecule has 0 saturated carbocycles. The van der Waals surface area contributed by atoms with Gasteiger partial charge in [0.25, 0.3) is 5.91 Å². The number of rotatable bonds is 6. The van der Waals surface area contributed by atoms with Crippen molar-refractivity contribution >= 4 is 11.7 Å². The van der Waals surface area contributed by atoms with Crippen LogP contribution >= 0.6 is 0 Å². The van der Waals surface area contributed by atoms with E-state index in [1.807, 2.05) is 13.1 Å². The van der Waals surface area contributed by atoms with Crippen molar-refractivity contribution in [1.29, 1.82) is 0 Å². The third-order valence-corrected chi connectivity index (χ3v) is 3.95. The van der Waals surface area contributed by atoms with E-state index in [1.165, 1.54) is 0 Å². The second-order valence-electron chi connectivity index (χ2n) is 6.71. The summed E-state index contributed by atoms with van der Waals surface area (Å²) in [5, 5.41) is 6.05. The molecule has 1 atom stereocenters. The Labute approximate surface area is 128 Å².